The molecular formula is C12H19N3O4S. The Balaban J connectivity index is 2.39. The number of nitrogens with zero attached hydrogens (tertiary/aromatic N) is 2. The molecule has 2 rings (SSSR count). The Morgan fingerprint density at radius 1 is 1.50 bits per heavy atom. The molecule has 1 aliphatic rings. The largest absolute Gasteiger partial charge is 0.480 e. The average molecular weight is 301 g/mol. The number of carboxylic acid groups (broad SMARTS) is 1. The summed E-state index contributed by atoms with van der Waals surface area (Å²) in [5.41, 5.74) is 0. The van der Waals surface area contributed by atoms with Gasteiger partial charge >= 0.3 is 5.97 Å². The Morgan fingerprint density at radius 2 is 2.15 bits per heavy atom. The van der Waals surface area contributed by atoms with Gasteiger partial charge in [-0.2, -0.15) is 4.31 Å². The van der Waals surface area contributed by atoms with Gasteiger partial charge in [0, 0.05) is 12.0 Å². The van der Waals surface area contributed by atoms with Crippen molar-refractivity contribution in [1.29, 1.82) is 0 Å². The molecule has 0 saturated carbocycles. The molecule has 0 aliphatic carbocycles. The standard InChI is InChI=1S/C12H19N3O4S/c1-7(2)11-13-6-10(14-11)20(18,19)15-8(3)4-5-9(15)12(16)17/h6-9H,4-5H2,1-3H3,(H,13,14)(H,16,17)/t8-,9-/m0/s1. The summed E-state index contributed by atoms with van der Waals surface area (Å²) in [6.45, 7) is 5.52. The molecule has 1 aromatic heterocycles. The summed E-state index contributed by atoms with van der Waals surface area (Å²) in [6.07, 6.45) is 2.14. The number of H-pyrrole nitrogens is 1. The van der Waals surface area contributed by atoms with E-state index in [1.165, 1.54) is 6.20 Å². The van der Waals surface area contributed by atoms with Crippen LogP contribution in [-0.4, -0.2) is 45.9 Å². The molecule has 0 unspecified atom stereocenters. The minimum atomic E-state index is -3.86. The fourth-order valence-corrected chi connectivity index (χ4v) is 4.21. The number of carboxylic acids is 1. The van der Waals surface area contributed by atoms with E-state index in [0.29, 0.717) is 18.7 Å². The molecule has 2 atom stereocenters. The first-order valence-corrected chi connectivity index (χ1v) is 8.00. The molecule has 8 heteroatoms. The second-order valence-corrected chi connectivity index (χ2v) is 7.21. The lowest BCUT2D eigenvalue weighted by Gasteiger charge is -2.24. The summed E-state index contributed by atoms with van der Waals surface area (Å²) in [4.78, 5) is 18.0. The second-order valence-electron chi connectivity index (χ2n) is 5.40. The minimum Gasteiger partial charge on any atom is -0.480 e. The predicted molar refractivity (Wildman–Crippen MR) is 71.8 cm³/mol. The van der Waals surface area contributed by atoms with Crippen molar-refractivity contribution in [2.24, 2.45) is 0 Å². The highest BCUT2D eigenvalue weighted by Gasteiger charge is 2.44. The lowest BCUT2D eigenvalue weighted by molar-refractivity contribution is -0.140. The first-order valence-electron chi connectivity index (χ1n) is 6.56. The van der Waals surface area contributed by atoms with Crippen LogP contribution in [0.5, 0.6) is 0 Å². The van der Waals surface area contributed by atoms with Crippen LogP contribution in [0.1, 0.15) is 45.4 Å². The van der Waals surface area contributed by atoms with Crippen LogP contribution in [0.25, 0.3) is 0 Å². The summed E-state index contributed by atoms with van der Waals surface area (Å²) in [7, 11) is -3.86. The van der Waals surface area contributed by atoms with Crippen LogP contribution in [0.3, 0.4) is 0 Å². The zero-order chi connectivity index (χ0) is 15.1. The van der Waals surface area contributed by atoms with Gasteiger partial charge in [-0.3, -0.25) is 4.79 Å². The number of aromatic nitrogens is 2. The maximum absolute atomic E-state index is 12.6. The highest BCUT2D eigenvalue weighted by molar-refractivity contribution is 7.89. The second kappa shape index (κ2) is 5.17. The van der Waals surface area contributed by atoms with Crippen LogP contribution < -0.4 is 0 Å². The molecule has 0 bridgehead atoms. The van der Waals surface area contributed by atoms with Crippen molar-refractivity contribution in [2.75, 3.05) is 0 Å². The van der Waals surface area contributed by atoms with E-state index in [4.69, 9.17) is 0 Å². The third-order valence-electron chi connectivity index (χ3n) is 3.56. The van der Waals surface area contributed by atoms with Gasteiger partial charge in [0.05, 0.1) is 6.20 Å². The van der Waals surface area contributed by atoms with Crippen LogP contribution in [0.2, 0.25) is 0 Å². The molecule has 0 radical (unpaired) electrons. The maximum atomic E-state index is 12.6. The fourth-order valence-electron chi connectivity index (χ4n) is 2.45. The number of aliphatic carboxylic acids is 1. The number of hydrogen-bond acceptors (Lipinski definition) is 4. The SMILES string of the molecule is CC(C)c1ncc(S(=O)(=O)N2[C@@H](C)CC[C@H]2C(=O)O)[nH]1. The molecule has 2 N–H and O–H groups in total. The first-order chi connectivity index (χ1) is 9.25. The Kier molecular flexibility index (Phi) is 3.88. The quantitative estimate of drug-likeness (QED) is 0.868. The molecule has 0 aromatic carbocycles. The van der Waals surface area contributed by atoms with Gasteiger partial charge in [-0.15, -0.1) is 0 Å². The monoisotopic (exact) mass is 301 g/mol. The molecule has 1 saturated heterocycles. The summed E-state index contributed by atoms with van der Waals surface area (Å²) < 4.78 is 26.3. The fraction of sp³-hybridized carbons (Fsp3) is 0.667. The average Bonchev–Trinajstić information content (AvgIpc) is 2.94. The highest BCUT2D eigenvalue weighted by Crippen LogP contribution is 2.30. The summed E-state index contributed by atoms with van der Waals surface area (Å²) in [6, 6.07) is -1.33. The van der Waals surface area contributed by atoms with E-state index < -0.39 is 22.0 Å². The Morgan fingerprint density at radius 3 is 2.65 bits per heavy atom. The number of sulfonamides is 1. The van der Waals surface area contributed by atoms with Crippen LogP contribution in [0.4, 0.5) is 0 Å². The Hall–Kier alpha value is -1.41. The van der Waals surface area contributed by atoms with Gasteiger partial charge in [0.2, 0.25) is 0 Å². The summed E-state index contributed by atoms with van der Waals surface area (Å²) in [5.74, 6) is -0.464. The van der Waals surface area contributed by atoms with Crippen molar-refractivity contribution in [3.05, 3.63) is 12.0 Å². The van der Waals surface area contributed by atoms with Gasteiger partial charge in [-0.05, 0) is 19.8 Å². The molecule has 1 aromatic rings. The van der Waals surface area contributed by atoms with Gasteiger partial charge in [0.1, 0.15) is 11.9 Å². The normalized spacial score (nSPS) is 24.4. The number of aromatic amines is 1. The van der Waals surface area contributed by atoms with Crippen LogP contribution >= 0.6 is 0 Å². The molecule has 1 fully saturated rings. The Bertz CT molecular complexity index is 608. The van der Waals surface area contributed by atoms with Gasteiger partial charge in [0.15, 0.2) is 5.03 Å². The van der Waals surface area contributed by atoms with Gasteiger partial charge in [-0.25, -0.2) is 13.4 Å². The van der Waals surface area contributed by atoms with Crippen molar-refractivity contribution >= 4 is 16.0 Å². The minimum absolute atomic E-state index is 0.0406. The maximum Gasteiger partial charge on any atom is 0.322 e. The molecule has 0 amide bonds. The van der Waals surface area contributed by atoms with Gasteiger partial charge < -0.3 is 10.1 Å². The smallest absolute Gasteiger partial charge is 0.322 e. The number of rotatable bonds is 4. The van der Waals surface area contributed by atoms with E-state index in [9.17, 15) is 18.3 Å². The van der Waals surface area contributed by atoms with Crippen molar-refractivity contribution in [3.8, 4) is 0 Å². The van der Waals surface area contributed by atoms with Crippen LogP contribution in [0.15, 0.2) is 11.2 Å². The van der Waals surface area contributed by atoms with Crippen molar-refractivity contribution in [1.82, 2.24) is 14.3 Å². The number of nitrogens with one attached hydrogen (secondary N) is 1. The molecule has 2 heterocycles. The van der Waals surface area contributed by atoms with Crippen molar-refractivity contribution in [3.63, 3.8) is 0 Å². The molecule has 112 valence electrons. The van der Waals surface area contributed by atoms with E-state index in [0.717, 1.165) is 4.31 Å². The number of hydrogen-bond donors (Lipinski definition) is 2. The lowest BCUT2D eigenvalue weighted by Crippen LogP contribution is -2.43. The van der Waals surface area contributed by atoms with Crippen molar-refractivity contribution in [2.45, 2.75) is 56.6 Å². The Labute approximate surface area is 118 Å². The van der Waals surface area contributed by atoms with Gasteiger partial charge in [-0.1, -0.05) is 13.8 Å². The van der Waals surface area contributed by atoms with Gasteiger partial charge in [0.25, 0.3) is 10.0 Å². The highest BCUT2D eigenvalue weighted by atomic mass is 32.2. The zero-order valence-electron chi connectivity index (χ0n) is 11.7. The van der Waals surface area contributed by atoms with E-state index in [1.54, 1.807) is 6.92 Å². The first kappa shape index (κ1) is 15.0. The molecule has 1 aliphatic heterocycles. The molecule has 7 nitrogen and oxygen atoms in total. The molecule has 20 heavy (non-hydrogen) atoms. The zero-order valence-corrected chi connectivity index (χ0v) is 12.5. The van der Waals surface area contributed by atoms with E-state index in [-0.39, 0.29) is 17.0 Å². The lowest BCUT2D eigenvalue weighted by atomic mass is 10.2. The van der Waals surface area contributed by atoms with E-state index in [1.807, 2.05) is 13.8 Å². The van der Waals surface area contributed by atoms with Crippen LogP contribution in [0, 0.1) is 0 Å². The van der Waals surface area contributed by atoms with E-state index in [2.05, 4.69) is 9.97 Å². The third-order valence-corrected chi connectivity index (χ3v) is 5.49. The summed E-state index contributed by atoms with van der Waals surface area (Å²) in [5, 5.41) is 9.13. The van der Waals surface area contributed by atoms with Crippen LogP contribution in [-0.2, 0) is 14.8 Å². The van der Waals surface area contributed by atoms with Crippen molar-refractivity contribution < 1.29 is 18.3 Å². The number of imidazole rings is 1. The third kappa shape index (κ3) is 2.45. The predicted octanol–water partition coefficient (Wildman–Crippen LogP) is 1.16. The van der Waals surface area contributed by atoms with E-state index >= 15 is 0 Å². The molecular weight excluding hydrogens is 282 g/mol. The molecule has 0 spiro atoms. The number of carbonyl (C=O) groups is 1. The topological polar surface area (TPSA) is 103 Å². The summed E-state index contributed by atoms with van der Waals surface area (Å²) >= 11 is 0.